The van der Waals surface area contributed by atoms with Gasteiger partial charge < -0.3 is 20.4 Å². The Balaban J connectivity index is -0.000000405. The second-order valence-electron chi connectivity index (χ2n) is 1.57. The van der Waals surface area contributed by atoms with Gasteiger partial charge >= 0.3 is 11.9 Å². The maximum atomic E-state index is 9.77. The van der Waals surface area contributed by atoms with Gasteiger partial charge in [0.15, 0.2) is 12.2 Å². The topological polar surface area (TPSA) is 115 Å². The molecule has 0 fully saturated rings. The van der Waals surface area contributed by atoms with Crippen molar-refractivity contribution in [3.8, 4) is 0 Å². The first-order chi connectivity index (χ1) is 4.46. The largest absolute Gasteiger partial charge is 0.479 e. The first kappa shape index (κ1) is 19.0. The van der Waals surface area contributed by atoms with Crippen LogP contribution in [-0.2, 0) is 9.59 Å². The van der Waals surface area contributed by atoms with E-state index in [4.69, 9.17) is 20.4 Å². The Labute approximate surface area is 130 Å². The fraction of sp³-hybridized carbons (Fsp3) is 0.500. The van der Waals surface area contributed by atoms with Gasteiger partial charge in [0.25, 0.3) is 0 Å². The van der Waals surface area contributed by atoms with E-state index >= 15 is 0 Å². The average molecular weight is 398 g/mol. The molecule has 0 amide bonds. The Bertz CT molecular complexity index is 144. The van der Waals surface area contributed by atoms with E-state index in [2.05, 4.69) is 0 Å². The molecule has 4 radical (unpaired) electrons. The fourth-order valence-electron chi connectivity index (χ4n) is 0.270. The van der Waals surface area contributed by atoms with Crippen LogP contribution in [0.15, 0.2) is 0 Å². The molecule has 0 aromatic carbocycles. The zero-order chi connectivity index (χ0) is 8.31. The van der Waals surface area contributed by atoms with E-state index in [-0.39, 0.29) is 77.6 Å². The number of aliphatic hydroxyl groups is 2. The molecule has 0 aliphatic carbocycles. The van der Waals surface area contributed by atoms with Gasteiger partial charge in [-0.1, -0.05) is 0 Å². The van der Waals surface area contributed by atoms with Gasteiger partial charge in [-0.15, -0.1) is 0 Å². The van der Waals surface area contributed by atoms with Crippen LogP contribution in [0, 0.1) is 0 Å². The van der Waals surface area contributed by atoms with E-state index in [0.29, 0.717) is 0 Å². The summed E-state index contributed by atoms with van der Waals surface area (Å²) >= 11 is 0. The van der Waals surface area contributed by atoms with Crippen molar-refractivity contribution in [1.29, 1.82) is 0 Å². The summed E-state index contributed by atoms with van der Waals surface area (Å²) in [5.41, 5.74) is 0. The molecule has 12 heavy (non-hydrogen) atoms. The molecule has 0 heterocycles. The van der Waals surface area contributed by atoms with Crippen LogP contribution < -0.4 is 0 Å². The average Bonchev–Trinajstić information content (AvgIpc) is 1.84. The van der Waals surface area contributed by atoms with Crippen LogP contribution in [0.5, 0.6) is 0 Å². The number of hydrogen-bond acceptors (Lipinski definition) is 4. The molecule has 2 atom stereocenters. The molecule has 0 aromatic rings. The third kappa shape index (κ3) is 6.85. The molecule has 0 aliphatic rings. The van der Waals surface area contributed by atoms with E-state index in [0.717, 1.165) is 0 Å². The summed E-state index contributed by atoms with van der Waals surface area (Å²) in [5, 5.41) is 32.5. The Morgan fingerprint density at radius 2 is 1.08 bits per heavy atom. The van der Waals surface area contributed by atoms with Crippen LogP contribution in [0.1, 0.15) is 0 Å². The number of hydrogen-bond donors (Lipinski definition) is 4. The number of carbonyl (C=O) groups is 2. The molecule has 0 rings (SSSR count). The zero-order valence-electron chi connectivity index (χ0n) is 6.21. The summed E-state index contributed by atoms with van der Waals surface area (Å²) in [4.78, 5) is 19.5. The minimum absolute atomic E-state index is 0. The van der Waals surface area contributed by atoms with E-state index in [1.54, 1.807) is 0 Å². The molecule has 4 N–H and O–H groups in total. The third-order valence-electron chi connectivity index (χ3n) is 0.805. The van der Waals surface area contributed by atoms with Gasteiger partial charge in [-0.25, -0.2) is 9.59 Å². The minimum Gasteiger partial charge on any atom is -0.479 e. The number of carboxylic acids is 2. The molecule has 0 saturated heterocycles. The Morgan fingerprint density at radius 3 is 1.17 bits per heavy atom. The first-order valence-electron chi connectivity index (χ1n) is 2.28. The molecule has 6 nitrogen and oxygen atoms in total. The molecule has 0 aliphatic heterocycles. The second-order valence-corrected chi connectivity index (χ2v) is 1.57. The predicted octanol–water partition coefficient (Wildman–Crippen LogP) is -2.88. The molecule has 0 unspecified atom stereocenters. The van der Waals surface area contributed by atoms with E-state index in [1.165, 1.54) is 0 Å². The van der Waals surface area contributed by atoms with Crippen molar-refractivity contribution in [3.05, 3.63) is 0 Å². The van der Waals surface area contributed by atoms with Gasteiger partial charge in [0.2, 0.25) is 0 Å². The maximum absolute atomic E-state index is 9.77. The van der Waals surface area contributed by atoms with Gasteiger partial charge in [0, 0.05) is 77.6 Å². The summed E-state index contributed by atoms with van der Waals surface area (Å²) in [6.45, 7) is 0. The molecule has 0 bridgehead atoms. The predicted molar refractivity (Wildman–Crippen MR) is 38.8 cm³/mol. The number of aliphatic carboxylic acids is 2. The maximum Gasteiger partial charge on any atom is 0.335 e. The van der Waals surface area contributed by atoms with Crippen molar-refractivity contribution in [1.82, 2.24) is 0 Å². The normalized spacial score (nSPS) is 13.2. The Morgan fingerprint density at radius 1 is 0.917 bits per heavy atom. The van der Waals surface area contributed by atoms with Gasteiger partial charge in [0.1, 0.15) is 0 Å². The summed E-state index contributed by atoms with van der Waals surface area (Å²) < 4.78 is 0. The first-order valence-corrected chi connectivity index (χ1v) is 2.28. The fourth-order valence-corrected chi connectivity index (χ4v) is 0.270. The van der Waals surface area contributed by atoms with Crippen molar-refractivity contribution in [2.45, 2.75) is 12.2 Å². The monoisotopic (exact) mass is 398 g/mol. The second kappa shape index (κ2) is 8.96. The van der Waals surface area contributed by atoms with Crippen molar-refractivity contribution < 1.29 is 30.0 Å². The van der Waals surface area contributed by atoms with Crippen molar-refractivity contribution in [2.75, 3.05) is 0 Å². The Kier molecular flexibility index (Phi) is 14.2. The molecular weight excluding hydrogens is 392 g/mol. The van der Waals surface area contributed by atoms with E-state index in [9.17, 15) is 9.59 Å². The SMILES string of the molecule is O=C(O)[C@H](O)[C@@H](O)C(=O)O.[Bi].[K]. The molecule has 0 spiro atoms. The number of rotatable bonds is 3. The zero-order valence-corrected chi connectivity index (χ0v) is 12.8. The van der Waals surface area contributed by atoms with Crippen molar-refractivity contribution >= 4 is 89.5 Å². The summed E-state index contributed by atoms with van der Waals surface area (Å²) in [7, 11) is 0. The molecule has 8 heteroatoms. The van der Waals surface area contributed by atoms with Crippen LogP contribution in [-0.4, -0.2) is 122 Å². The molecular formula is C4H6BiKO6. The number of aliphatic hydroxyl groups excluding tert-OH is 2. The van der Waals surface area contributed by atoms with Crippen LogP contribution in [0.2, 0.25) is 0 Å². The van der Waals surface area contributed by atoms with Crippen LogP contribution >= 0.6 is 0 Å². The van der Waals surface area contributed by atoms with E-state index < -0.39 is 24.1 Å². The van der Waals surface area contributed by atoms with E-state index in [1.807, 2.05) is 0 Å². The quantitative estimate of drug-likeness (QED) is 0.380. The molecule has 0 aromatic heterocycles. The van der Waals surface area contributed by atoms with Crippen molar-refractivity contribution in [3.63, 3.8) is 0 Å². The summed E-state index contributed by atoms with van der Waals surface area (Å²) in [6.07, 6.45) is -4.53. The molecule has 64 valence electrons. The smallest absolute Gasteiger partial charge is 0.335 e. The Hall–Kier alpha value is 1.38. The number of carboxylic acid groups (broad SMARTS) is 2. The van der Waals surface area contributed by atoms with Crippen molar-refractivity contribution in [2.24, 2.45) is 0 Å². The summed E-state index contributed by atoms with van der Waals surface area (Å²) in [5.74, 6) is -3.54. The van der Waals surface area contributed by atoms with Crippen LogP contribution in [0.4, 0.5) is 0 Å². The van der Waals surface area contributed by atoms with Gasteiger partial charge in [0.05, 0.1) is 0 Å². The third-order valence-corrected chi connectivity index (χ3v) is 0.805. The standard InChI is InChI=1S/C4H6O6.Bi.K/c5-1(3(7)8)2(6)4(9)10;;/h1-2,5-6H,(H,7,8)(H,9,10);;/t1-,2-;;/m1../s1. The molecule has 0 saturated carbocycles. The summed E-state index contributed by atoms with van der Waals surface area (Å²) in [6, 6.07) is 0. The van der Waals surface area contributed by atoms with Gasteiger partial charge in [-0.3, -0.25) is 0 Å². The van der Waals surface area contributed by atoms with Gasteiger partial charge in [-0.2, -0.15) is 0 Å². The van der Waals surface area contributed by atoms with Crippen LogP contribution in [0.3, 0.4) is 0 Å². The van der Waals surface area contributed by atoms with Gasteiger partial charge in [-0.05, 0) is 0 Å². The minimum atomic E-state index is -2.27. The van der Waals surface area contributed by atoms with Crippen LogP contribution in [0.25, 0.3) is 0 Å².